The highest BCUT2D eigenvalue weighted by Crippen LogP contribution is 2.65. The van der Waals surface area contributed by atoms with Gasteiger partial charge in [-0.1, -0.05) is 30.7 Å². The molecule has 3 saturated heterocycles. The Bertz CT molecular complexity index is 1090. The van der Waals surface area contributed by atoms with Crippen LogP contribution in [-0.2, 0) is 19.1 Å². The summed E-state index contributed by atoms with van der Waals surface area (Å²) >= 11 is 6.09. The van der Waals surface area contributed by atoms with Gasteiger partial charge in [-0.25, -0.2) is 0 Å². The number of hydrogen-bond acceptors (Lipinski definition) is 5. The molecule has 0 aliphatic carbocycles. The average molecular weight is 530 g/mol. The Morgan fingerprint density at radius 1 is 1.22 bits per heavy atom. The van der Waals surface area contributed by atoms with E-state index in [1.165, 1.54) is 4.90 Å². The summed E-state index contributed by atoms with van der Waals surface area (Å²) in [6.07, 6.45) is 4.05. The molecule has 4 rings (SSSR count). The van der Waals surface area contributed by atoms with Crippen LogP contribution in [0.15, 0.2) is 49.6 Å². The van der Waals surface area contributed by atoms with Crippen LogP contribution in [0.25, 0.3) is 0 Å². The van der Waals surface area contributed by atoms with Crippen molar-refractivity contribution >= 4 is 35.0 Å². The smallest absolute Gasteiger partial charge is 0.253 e. The van der Waals surface area contributed by atoms with Crippen LogP contribution in [-0.4, -0.2) is 83.2 Å². The minimum absolute atomic E-state index is 0.0564. The first-order valence-corrected chi connectivity index (χ1v) is 13.1. The van der Waals surface area contributed by atoms with E-state index in [0.717, 1.165) is 0 Å². The Hall–Kier alpha value is -2.68. The topological polar surface area (TPSA) is 90.4 Å². The zero-order valence-corrected chi connectivity index (χ0v) is 22.5. The Kier molecular flexibility index (Phi) is 7.57. The molecule has 37 heavy (non-hydrogen) atoms. The number of aliphatic hydroxyl groups is 1. The van der Waals surface area contributed by atoms with Crippen molar-refractivity contribution in [2.45, 2.75) is 43.9 Å². The molecule has 1 N–H and O–H groups in total. The summed E-state index contributed by atoms with van der Waals surface area (Å²) in [5.74, 6) is -2.35. The van der Waals surface area contributed by atoms with Crippen molar-refractivity contribution < 1.29 is 24.2 Å². The van der Waals surface area contributed by atoms with E-state index in [1.807, 2.05) is 13.8 Å². The fourth-order valence-corrected chi connectivity index (χ4v) is 6.74. The van der Waals surface area contributed by atoms with Crippen molar-refractivity contribution in [2.75, 3.05) is 38.2 Å². The van der Waals surface area contributed by atoms with Gasteiger partial charge in [0.2, 0.25) is 11.8 Å². The minimum Gasteiger partial charge on any atom is -0.396 e. The zero-order valence-electron chi connectivity index (χ0n) is 21.7. The maximum Gasteiger partial charge on any atom is 0.253 e. The van der Waals surface area contributed by atoms with E-state index in [4.69, 9.17) is 16.3 Å². The number of ether oxygens (including phenoxy) is 1. The van der Waals surface area contributed by atoms with Crippen molar-refractivity contribution in [3.8, 4) is 0 Å². The summed E-state index contributed by atoms with van der Waals surface area (Å²) in [6, 6.07) is 5.96. The van der Waals surface area contributed by atoms with E-state index >= 15 is 0 Å². The number of carbonyl (C=O) groups excluding carboxylic acids is 3. The molecule has 2 bridgehead atoms. The van der Waals surface area contributed by atoms with Crippen LogP contribution in [0.1, 0.15) is 26.7 Å². The number of anilines is 1. The second-order valence-electron chi connectivity index (χ2n) is 10.5. The molecule has 1 spiro atoms. The zero-order chi connectivity index (χ0) is 27.1. The van der Waals surface area contributed by atoms with Gasteiger partial charge in [0.25, 0.3) is 5.91 Å². The third kappa shape index (κ3) is 4.19. The van der Waals surface area contributed by atoms with E-state index in [1.54, 1.807) is 53.3 Å². The molecule has 200 valence electrons. The van der Waals surface area contributed by atoms with Crippen LogP contribution in [0, 0.1) is 17.8 Å². The van der Waals surface area contributed by atoms with E-state index in [0.29, 0.717) is 30.1 Å². The number of halogens is 1. The highest BCUT2D eigenvalue weighted by Gasteiger charge is 2.80. The maximum absolute atomic E-state index is 14.4. The van der Waals surface area contributed by atoms with Gasteiger partial charge < -0.3 is 24.5 Å². The van der Waals surface area contributed by atoms with Crippen LogP contribution in [0.2, 0.25) is 5.02 Å². The third-order valence-electron chi connectivity index (χ3n) is 8.37. The Balaban J connectivity index is 1.82. The van der Waals surface area contributed by atoms with Crippen molar-refractivity contribution in [3.63, 3.8) is 0 Å². The molecular formula is C28H36ClN3O5. The van der Waals surface area contributed by atoms with Crippen molar-refractivity contribution in [1.82, 2.24) is 9.80 Å². The molecule has 3 aliphatic heterocycles. The largest absolute Gasteiger partial charge is 0.396 e. The lowest BCUT2D eigenvalue weighted by Gasteiger charge is -2.38. The predicted molar refractivity (Wildman–Crippen MR) is 142 cm³/mol. The molecular weight excluding hydrogens is 494 g/mol. The van der Waals surface area contributed by atoms with Gasteiger partial charge in [0.1, 0.15) is 11.6 Å². The molecule has 6 atom stereocenters. The van der Waals surface area contributed by atoms with Crippen LogP contribution in [0.4, 0.5) is 5.69 Å². The van der Waals surface area contributed by atoms with Gasteiger partial charge in [0.15, 0.2) is 0 Å². The lowest BCUT2D eigenvalue weighted by atomic mass is 9.62. The fourth-order valence-electron chi connectivity index (χ4n) is 6.62. The van der Waals surface area contributed by atoms with E-state index in [9.17, 15) is 19.5 Å². The minimum atomic E-state index is -1.15. The highest BCUT2D eigenvalue weighted by atomic mass is 35.5. The SMILES string of the molecule is C=CCN(C)C(=O)[C@@H]1[C@H]2C(=O)N(CCCO)C(C(=O)N(CC=C)c3ccc(Cl)cc3)C23CC(C)[C@@]1(C)O3. The average Bonchev–Trinajstić information content (AvgIpc) is 3.37. The number of carbonyl (C=O) groups is 3. The van der Waals surface area contributed by atoms with Gasteiger partial charge in [0, 0.05) is 44.0 Å². The first-order valence-electron chi connectivity index (χ1n) is 12.7. The summed E-state index contributed by atoms with van der Waals surface area (Å²) in [6.45, 7) is 12.1. The lowest BCUT2D eigenvalue weighted by Crippen LogP contribution is -2.57. The van der Waals surface area contributed by atoms with Crippen LogP contribution >= 0.6 is 11.6 Å². The van der Waals surface area contributed by atoms with Gasteiger partial charge in [-0.05, 0) is 49.9 Å². The molecule has 3 amide bonds. The van der Waals surface area contributed by atoms with Gasteiger partial charge in [-0.2, -0.15) is 0 Å². The van der Waals surface area contributed by atoms with Crippen LogP contribution in [0.3, 0.4) is 0 Å². The number of rotatable bonds is 10. The first kappa shape index (κ1) is 27.4. The molecule has 1 aromatic rings. The third-order valence-corrected chi connectivity index (χ3v) is 8.62. The number of aliphatic hydroxyl groups excluding tert-OH is 1. The summed E-state index contributed by atoms with van der Waals surface area (Å²) in [5.41, 5.74) is -1.43. The lowest BCUT2D eigenvalue weighted by molar-refractivity contribution is -0.150. The summed E-state index contributed by atoms with van der Waals surface area (Å²) in [4.78, 5) is 46.8. The van der Waals surface area contributed by atoms with E-state index in [2.05, 4.69) is 13.2 Å². The standard InChI is InChI=1S/C28H36ClN3O5/c1-6-13-30(5)24(34)21-22-25(35)32(15-8-16-33)23(28(22)17-18(3)27(21,4)37-28)26(36)31(14-7-2)20-11-9-19(29)10-12-20/h6-7,9-12,18,21-23,33H,1-2,8,13-17H2,3-5H3/t18?,21-,22-,23?,27+,28?/m0/s1. The number of amides is 3. The molecule has 8 nitrogen and oxygen atoms in total. The Morgan fingerprint density at radius 2 is 1.86 bits per heavy atom. The van der Waals surface area contributed by atoms with Crippen molar-refractivity contribution in [1.29, 1.82) is 0 Å². The number of benzene rings is 1. The number of hydrogen-bond donors (Lipinski definition) is 1. The summed E-state index contributed by atoms with van der Waals surface area (Å²) in [5, 5.41) is 10.1. The molecule has 3 unspecified atom stereocenters. The number of likely N-dealkylation sites (tertiary alicyclic amines) is 1. The molecule has 1 aromatic carbocycles. The normalized spacial score (nSPS) is 31.8. The molecule has 0 radical (unpaired) electrons. The van der Waals surface area contributed by atoms with Gasteiger partial charge >= 0.3 is 0 Å². The van der Waals surface area contributed by atoms with Gasteiger partial charge in [0.05, 0.1) is 17.4 Å². The molecule has 0 saturated carbocycles. The number of fused-ring (bicyclic) bond motifs is 1. The number of nitrogens with zero attached hydrogens (tertiary/aromatic N) is 3. The molecule has 3 aliphatic rings. The summed E-state index contributed by atoms with van der Waals surface area (Å²) < 4.78 is 6.75. The second kappa shape index (κ2) is 10.2. The quantitative estimate of drug-likeness (QED) is 0.471. The van der Waals surface area contributed by atoms with Crippen molar-refractivity contribution in [2.24, 2.45) is 17.8 Å². The monoisotopic (exact) mass is 529 g/mol. The summed E-state index contributed by atoms with van der Waals surface area (Å²) in [7, 11) is 1.69. The second-order valence-corrected chi connectivity index (χ2v) is 11.0. The number of likely N-dealkylation sites (N-methyl/N-ethyl adjacent to an activating group) is 1. The molecule has 9 heteroatoms. The molecule has 0 aromatic heterocycles. The van der Waals surface area contributed by atoms with Crippen LogP contribution in [0.5, 0.6) is 0 Å². The molecule has 3 heterocycles. The van der Waals surface area contributed by atoms with E-state index in [-0.39, 0.29) is 43.3 Å². The first-order chi connectivity index (χ1) is 17.6. The highest BCUT2D eigenvalue weighted by molar-refractivity contribution is 6.30. The fraction of sp³-hybridized carbons (Fsp3) is 0.536. The Labute approximate surface area is 223 Å². The Morgan fingerprint density at radius 3 is 2.46 bits per heavy atom. The molecule has 3 fully saturated rings. The van der Waals surface area contributed by atoms with Gasteiger partial charge in [-0.15, -0.1) is 13.2 Å². The predicted octanol–water partition coefficient (Wildman–Crippen LogP) is 2.90. The van der Waals surface area contributed by atoms with Gasteiger partial charge in [-0.3, -0.25) is 14.4 Å². The van der Waals surface area contributed by atoms with Crippen molar-refractivity contribution in [3.05, 3.63) is 54.6 Å². The van der Waals surface area contributed by atoms with Crippen LogP contribution < -0.4 is 4.90 Å². The van der Waals surface area contributed by atoms with E-state index < -0.39 is 29.1 Å². The maximum atomic E-state index is 14.4.